The Bertz CT molecular complexity index is 110. The van der Waals surface area contributed by atoms with Gasteiger partial charge < -0.3 is 4.74 Å². The summed E-state index contributed by atoms with van der Waals surface area (Å²) in [5.41, 5.74) is 0.410. The van der Waals surface area contributed by atoms with Crippen molar-refractivity contribution in [3.8, 4) is 0 Å². The molecule has 0 radical (unpaired) electrons. The molecule has 0 aromatic rings. The van der Waals surface area contributed by atoms with Crippen molar-refractivity contribution in [1.29, 1.82) is 0 Å². The molecule has 1 aliphatic rings. The molecule has 0 atom stereocenters. The third-order valence-electron chi connectivity index (χ3n) is 1.81. The van der Waals surface area contributed by atoms with Crippen LogP contribution < -0.4 is 0 Å². The molecule has 2 nitrogen and oxygen atoms in total. The molecule has 0 saturated heterocycles. The molecule has 1 fully saturated rings. The molecule has 52 valence electrons. The Hall–Kier alpha value is -0.530. The molecular weight excluding hydrogens is 116 g/mol. The summed E-state index contributed by atoms with van der Waals surface area (Å²) in [6.45, 7) is 4.90. The van der Waals surface area contributed by atoms with Gasteiger partial charge >= 0.3 is 0 Å². The largest absolute Gasteiger partial charge is 0.465 e. The van der Waals surface area contributed by atoms with Crippen LogP contribution in [-0.4, -0.2) is 12.6 Å². The van der Waals surface area contributed by atoms with Gasteiger partial charge in [0.1, 0.15) is 6.10 Å². The van der Waals surface area contributed by atoms with E-state index in [1.807, 2.05) is 0 Å². The highest BCUT2D eigenvalue weighted by Gasteiger charge is 2.37. The van der Waals surface area contributed by atoms with Gasteiger partial charge in [-0.1, -0.05) is 13.8 Å². The summed E-state index contributed by atoms with van der Waals surface area (Å²) < 4.78 is 4.73. The predicted molar refractivity (Wildman–Crippen MR) is 34.0 cm³/mol. The van der Waals surface area contributed by atoms with Crippen LogP contribution in [0.3, 0.4) is 0 Å². The molecule has 0 N–H and O–H groups in total. The van der Waals surface area contributed by atoms with Gasteiger partial charge in [-0.15, -0.1) is 0 Å². The zero-order valence-electron chi connectivity index (χ0n) is 5.89. The Morgan fingerprint density at radius 2 is 2.11 bits per heavy atom. The van der Waals surface area contributed by atoms with Crippen LogP contribution in [-0.2, 0) is 9.53 Å². The van der Waals surface area contributed by atoms with Crippen molar-refractivity contribution in [2.75, 3.05) is 0 Å². The molecule has 0 bridgehead atoms. The quantitative estimate of drug-likeness (QED) is 0.525. The van der Waals surface area contributed by atoms with Gasteiger partial charge in [0, 0.05) is 0 Å². The highest BCUT2D eigenvalue weighted by atomic mass is 16.5. The van der Waals surface area contributed by atoms with Crippen LogP contribution >= 0.6 is 0 Å². The van der Waals surface area contributed by atoms with Crippen LogP contribution in [0.1, 0.15) is 26.7 Å². The van der Waals surface area contributed by atoms with Gasteiger partial charge in [0.15, 0.2) is 0 Å². The lowest BCUT2D eigenvalue weighted by atomic mass is 9.70. The first-order valence-corrected chi connectivity index (χ1v) is 3.23. The number of hydrogen-bond donors (Lipinski definition) is 0. The second-order valence-corrected chi connectivity index (χ2v) is 3.43. The zero-order chi connectivity index (χ0) is 6.91. The molecule has 9 heavy (non-hydrogen) atoms. The van der Waals surface area contributed by atoms with E-state index in [0.29, 0.717) is 11.9 Å². The molecule has 0 spiro atoms. The Kier molecular flexibility index (Phi) is 1.47. The molecule has 0 amide bonds. The summed E-state index contributed by atoms with van der Waals surface area (Å²) in [7, 11) is 0. The molecule has 2 heteroatoms. The Morgan fingerprint density at radius 1 is 1.56 bits per heavy atom. The van der Waals surface area contributed by atoms with Crippen molar-refractivity contribution < 1.29 is 9.53 Å². The monoisotopic (exact) mass is 128 g/mol. The first-order valence-electron chi connectivity index (χ1n) is 3.23. The van der Waals surface area contributed by atoms with Crippen LogP contribution in [0.2, 0.25) is 0 Å². The lowest BCUT2D eigenvalue weighted by Gasteiger charge is -2.40. The van der Waals surface area contributed by atoms with E-state index in [4.69, 9.17) is 4.74 Å². The molecule has 0 aliphatic heterocycles. The van der Waals surface area contributed by atoms with Crippen molar-refractivity contribution in [2.24, 2.45) is 5.41 Å². The van der Waals surface area contributed by atoms with E-state index >= 15 is 0 Å². The summed E-state index contributed by atoms with van der Waals surface area (Å²) in [6, 6.07) is 0. The fourth-order valence-corrected chi connectivity index (χ4v) is 1.35. The highest BCUT2D eigenvalue weighted by Crippen LogP contribution is 2.41. The van der Waals surface area contributed by atoms with E-state index in [0.717, 1.165) is 12.8 Å². The number of carbonyl (C=O) groups is 1. The van der Waals surface area contributed by atoms with Gasteiger partial charge in [0.25, 0.3) is 6.47 Å². The standard InChI is InChI=1S/C7H12O2/c1-7(2)3-6(4-7)9-5-8/h5-6H,3-4H2,1-2H3. The van der Waals surface area contributed by atoms with Gasteiger partial charge in [-0.3, -0.25) is 4.79 Å². The van der Waals surface area contributed by atoms with E-state index in [2.05, 4.69) is 13.8 Å². The smallest absolute Gasteiger partial charge is 0.293 e. The van der Waals surface area contributed by atoms with Gasteiger partial charge in [-0.05, 0) is 18.3 Å². The topological polar surface area (TPSA) is 26.3 Å². The maximum atomic E-state index is 9.80. The van der Waals surface area contributed by atoms with Crippen LogP contribution in [0, 0.1) is 5.41 Å². The molecular formula is C7H12O2. The van der Waals surface area contributed by atoms with E-state index < -0.39 is 0 Å². The third-order valence-corrected chi connectivity index (χ3v) is 1.81. The minimum absolute atomic E-state index is 0.206. The van der Waals surface area contributed by atoms with Gasteiger partial charge in [-0.2, -0.15) is 0 Å². The summed E-state index contributed by atoms with van der Waals surface area (Å²) in [4.78, 5) is 9.80. The molecule has 0 heterocycles. The Morgan fingerprint density at radius 3 is 2.44 bits per heavy atom. The summed E-state index contributed by atoms with van der Waals surface area (Å²) in [6.07, 6.45) is 2.25. The lowest BCUT2D eigenvalue weighted by Crippen LogP contribution is -2.37. The fourth-order valence-electron chi connectivity index (χ4n) is 1.35. The third kappa shape index (κ3) is 1.44. The maximum absolute atomic E-state index is 9.80. The average molecular weight is 128 g/mol. The van der Waals surface area contributed by atoms with Crippen LogP contribution in [0.5, 0.6) is 0 Å². The number of ether oxygens (including phenoxy) is 1. The Balaban J connectivity index is 2.19. The van der Waals surface area contributed by atoms with E-state index in [-0.39, 0.29) is 6.10 Å². The fraction of sp³-hybridized carbons (Fsp3) is 0.857. The van der Waals surface area contributed by atoms with E-state index in [9.17, 15) is 4.79 Å². The van der Waals surface area contributed by atoms with Gasteiger partial charge in [0.2, 0.25) is 0 Å². The maximum Gasteiger partial charge on any atom is 0.293 e. The Labute approximate surface area is 55.2 Å². The number of hydrogen-bond acceptors (Lipinski definition) is 2. The first kappa shape index (κ1) is 6.59. The molecule has 1 rings (SSSR count). The van der Waals surface area contributed by atoms with E-state index in [1.54, 1.807) is 0 Å². The normalized spacial score (nSPS) is 24.7. The van der Waals surface area contributed by atoms with Crippen LogP contribution in [0.4, 0.5) is 0 Å². The molecule has 0 unspecified atom stereocenters. The molecule has 1 aliphatic carbocycles. The van der Waals surface area contributed by atoms with Crippen molar-refractivity contribution >= 4 is 6.47 Å². The summed E-state index contributed by atoms with van der Waals surface area (Å²) in [5, 5.41) is 0. The van der Waals surface area contributed by atoms with Crippen LogP contribution in [0.25, 0.3) is 0 Å². The van der Waals surface area contributed by atoms with Gasteiger partial charge in [-0.25, -0.2) is 0 Å². The van der Waals surface area contributed by atoms with Crippen molar-refractivity contribution in [3.63, 3.8) is 0 Å². The second kappa shape index (κ2) is 2.01. The predicted octanol–water partition coefficient (Wildman–Crippen LogP) is 1.35. The lowest BCUT2D eigenvalue weighted by molar-refractivity contribution is -0.143. The van der Waals surface area contributed by atoms with Gasteiger partial charge in [0.05, 0.1) is 0 Å². The SMILES string of the molecule is CC1(C)CC(OC=O)C1. The average Bonchev–Trinajstić information content (AvgIpc) is 1.62. The van der Waals surface area contributed by atoms with Crippen molar-refractivity contribution in [1.82, 2.24) is 0 Å². The minimum atomic E-state index is 0.206. The molecule has 0 aromatic heterocycles. The molecule has 0 aromatic carbocycles. The minimum Gasteiger partial charge on any atom is -0.465 e. The van der Waals surface area contributed by atoms with Crippen molar-refractivity contribution in [3.05, 3.63) is 0 Å². The van der Waals surface area contributed by atoms with E-state index in [1.165, 1.54) is 0 Å². The van der Waals surface area contributed by atoms with Crippen molar-refractivity contribution in [2.45, 2.75) is 32.8 Å². The highest BCUT2D eigenvalue weighted by molar-refractivity contribution is 5.37. The summed E-state index contributed by atoms with van der Waals surface area (Å²) in [5.74, 6) is 0. The molecule has 1 saturated carbocycles. The summed E-state index contributed by atoms with van der Waals surface area (Å²) >= 11 is 0. The van der Waals surface area contributed by atoms with Crippen LogP contribution in [0.15, 0.2) is 0 Å². The number of rotatable bonds is 2. The number of carbonyl (C=O) groups excluding carboxylic acids is 1. The zero-order valence-corrected chi connectivity index (χ0v) is 5.89. The second-order valence-electron chi connectivity index (χ2n) is 3.43. The first-order chi connectivity index (χ1) is 4.14.